The fourth-order valence-electron chi connectivity index (χ4n) is 4.09. The lowest BCUT2D eigenvalue weighted by atomic mass is 9.95. The maximum atomic E-state index is 13.2. The Kier molecular flexibility index (Phi) is 8.37. The van der Waals surface area contributed by atoms with Crippen LogP contribution in [0.25, 0.3) is 0 Å². The zero-order valence-corrected chi connectivity index (χ0v) is 22.1. The highest BCUT2D eigenvalue weighted by molar-refractivity contribution is 7.99. The van der Waals surface area contributed by atoms with Crippen LogP contribution in [0.2, 0.25) is 0 Å². The van der Waals surface area contributed by atoms with Crippen molar-refractivity contribution in [1.82, 2.24) is 9.97 Å². The number of ether oxygens (including phenoxy) is 1. The topological polar surface area (TPSA) is 110 Å². The van der Waals surface area contributed by atoms with E-state index in [1.54, 1.807) is 26.0 Å². The van der Waals surface area contributed by atoms with Crippen molar-refractivity contribution in [3.05, 3.63) is 63.3 Å². The molecule has 10 heteroatoms. The lowest BCUT2D eigenvalue weighted by Crippen LogP contribution is -2.19. The number of aromatic nitrogens is 2. The molecule has 2 heterocycles. The average molecular weight is 525 g/mol. The van der Waals surface area contributed by atoms with Crippen LogP contribution in [0.1, 0.15) is 62.3 Å². The number of fused-ring (bicyclic) bond motifs is 1. The molecule has 36 heavy (non-hydrogen) atoms. The monoisotopic (exact) mass is 524 g/mol. The van der Waals surface area contributed by atoms with Gasteiger partial charge < -0.3 is 15.4 Å². The predicted octanol–water partition coefficient (Wildman–Crippen LogP) is 5.19. The van der Waals surface area contributed by atoms with Gasteiger partial charge in [0.1, 0.15) is 9.88 Å². The number of thioether (sulfide) groups is 1. The molecule has 2 N–H and O–H groups in total. The second kappa shape index (κ2) is 11.7. The van der Waals surface area contributed by atoms with E-state index in [4.69, 9.17) is 4.74 Å². The molecule has 0 saturated heterocycles. The average Bonchev–Trinajstić information content (AvgIpc) is 3.19. The quantitative estimate of drug-likeness (QED) is 0.237. The molecule has 0 fully saturated rings. The summed E-state index contributed by atoms with van der Waals surface area (Å²) in [7, 11) is 0. The maximum Gasteiger partial charge on any atom is 0.348 e. The maximum absolute atomic E-state index is 13.2. The third-order valence-corrected chi connectivity index (χ3v) is 7.86. The highest BCUT2D eigenvalue weighted by Crippen LogP contribution is 2.35. The molecule has 1 aliphatic rings. The number of anilines is 2. The SMILES string of the molecule is CCOC(=O)c1sc(NC(=O)CSc2nc(C)c3c(n2)CCCC3)c(C(=O)Nc2ccccc2)c1C. The molecule has 4 rings (SSSR count). The molecule has 0 atom stereocenters. The van der Waals surface area contributed by atoms with E-state index in [-0.39, 0.29) is 28.7 Å². The summed E-state index contributed by atoms with van der Waals surface area (Å²) in [4.78, 5) is 48.0. The molecule has 3 aromatic rings. The Morgan fingerprint density at radius 3 is 2.56 bits per heavy atom. The number of carbonyl (C=O) groups is 3. The summed E-state index contributed by atoms with van der Waals surface area (Å²) >= 11 is 2.29. The van der Waals surface area contributed by atoms with Gasteiger partial charge in [-0.3, -0.25) is 9.59 Å². The summed E-state index contributed by atoms with van der Waals surface area (Å²) in [6.45, 7) is 5.59. The fourth-order valence-corrected chi connectivity index (χ4v) is 5.92. The minimum absolute atomic E-state index is 0.0731. The molecule has 0 aliphatic heterocycles. The number of benzene rings is 1. The molecule has 2 amide bonds. The first kappa shape index (κ1) is 25.8. The first-order valence-electron chi connectivity index (χ1n) is 11.8. The van der Waals surface area contributed by atoms with Gasteiger partial charge in [0.15, 0.2) is 5.16 Å². The van der Waals surface area contributed by atoms with Crippen LogP contribution < -0.4 is 10.6 Å². The number of esters is 1. The molecule has 0 unspecified atom stereocenters. The zero-order chi connectivity index (χ0) is 25.7. The van der Waals surface area contributed by atoms with Crippen molar-refractivity contribution in [2.75, 3.05) is 23.0 Å². The highest BCUT2D eigenvalue weighted by atomic mass is 32.2. The Labute approximate surface area is 218 Å². The predicted molar refractivity (Wildman–Crippen MR) is 142 cm³/mol. The number of hydrogen-bond donors (Lipinski definition) is 2. The summed E-state index contributed by atoms with van der Waals surface area (Å²) in [5.41, 5.74) is 4.58. The highest BCUT2D eigenvalue weighted by Gasteiger charge is 2.27. The van der Waals surface area contributed by atoms with Gasteiger partial charge in [0, 0.05) is 17.1 Å². The minimum atomic E-state index is -0.526. The molecule has 188 valence electrons. The van der Waals surface area contributed by atoms with Crippen molar-refractivity contribution in [3.63, 3.8) is 0 Å². The first-order valence-corrected chi connectivity index (χ1v) is 13.6. The van der Waals surface area contributed by atoms with E-state index in [0.717, 1.165) is 48.4 Å². The number of nitrogens with one attached hydrogen (secondary N) is 2. The molecule has 1 aromatic carbocycles. The Balaban J connectivity index is 1.52. The van der Waals surface area contributed by atoms with Crippen molar-refractivity contribution in [1.29, 1.82) is 0 Å². The summed E-state index contributed by atoms with van der Waals surface area (Å²) in [6.07, 6.45) is 4.20. The van der Waals surface area contributed by atoms with Gasteiger partial charge in [0.2, 0.25) is 5.91 Å². The second-order valence-corrected chi connectivity index (χ2v) is 10.3. The van der Waals surface area contributed by atoms with Crippen LogP contribution >= 0.6 is 23.1 Å². The normalized spacial score (nSPS) is 12.5. The Morgan fingerprint density at radius 2 is 1.81 bits per heavy atom. The van der Waals surface area contributed by atoms with Gasteiger partial charge in [-0.25, -0.2) is 14.8 Å². The smallest absolute Gasteiger partial charge is 0.348 e. The fraction of sp³-hybridized carbons (Fsp3) is 0.346. The van der Waals surface area contributed by atoms with Crippen LogP contribution in [0.4, 0.5) is 10.7 Å². The third kappa shape index (κ3) is 5.93. The number of carbonyl (C=O) groups excluding carboxylic acids is 3. The van der Waals surface area contributed by atoms with Gasteiger partial charge in [-0.1, -0.05) is 30.0 Å². The van der Waals surface area contributed by atoms with Crippen LogP contribution in [0.15, 0.2) is 35.5 Å². The van der Waals surface area contributed by atoms with E-state index in [0.29, 0.717) is 21.4 Å². The van der Waals surface area contributed by atoms with Gasteiger partial charge in [-0.2, -0.15) is 0 Å². The molecule has 0 radical (unpaired) electrons. The number of aryl methyl sites for hydroxylation is 2. The van der Waals surface area contributed by atoms with Gasteiger partial charge in [0.25, 0.3) is 5.91 Å². The van der Waals surface area contributed by atoms with Crippen molar-refractivity contribution in [3.8, 4) is 0 Å². The van der Waals surface area contributed by atoms with Gasteiger partial charge in [-0.15, -0.1) is 11.3 Å². The van der Waals surface area contributed by atoms with Crippen LogP contribution in [0.5, 0.6) is 0 Å². The molecular formula is C26H28N4O4S2. The second-order valence-electron chi connectivity index (χ2n) is 8.36. The number of hydrogen-bond acceptors (Lipinski definition) is 8. The summed E-state index contributed by atoms with van der Waals surface area (Å²) in [6, 6.07) is 9.00. The molecule has 1 aliphatic carbocycles. The largest absolute Gasteiger partial charge is 0.462 e. The van der Waals surface area contributed by atoms with E-state index >= 15 is 0 Å². The summed E-state index contributed by atoms with van der Waals surface area (Å²) in [5, 5.41) is 6.52. The number of thiophene rings is 1. The number of nitrogens with zero attached hydrogens (tertiary/aromatic N) is 2. The van der Waals surface area contributed by atoms with Crippen LogP contribution in [0.3, 0.4) is 0 Å². The van der Waals surface area contributed by atoms with Crippen LogP contribution in [-0.2, 0) is 22.4 Å². The van der Waals surface area contributed by atoms with Gasteiger partial charge >= 0.3 is 5.97 Å². The first-order chi connectivity index (χ1) is 17.4. The Hall–Kier alpha value is -3.24. The summed E-state index contributed by atoms with van der Waals surface area (Å²) in [5.74, 6) is -1.18. The molecule has 0 spiro atoms. The van der Waals surface area contributed by atoms with Crippen molar-refractivity contribution >= 4 is 51.6 Å². The van der Waals surface area contributed by atoms with Crippen LogP contribution in [-0.4, -0.2) is 40.1 Å². The van der Waals surface area contributed by atoms with E-state index in [9.17, 15) is 14.4 Å². The van der Waals surface area contributed by atoms with Gasteiger partial charge in [0.05, 0.1) is 17.9 Å². The minimum Gasteiger partial charge on any atom is -0.462 e. The molecular weight excluding hydrogens is 496 g/mol. The number of rotatable bonds is 8. The Bertz CT molecular complexity index is 1290. The number of para-hydroxylation sites is 1. The molecule has 0 bridgehead atoms. The standard InChI is InChI=1S/C26H28N4O4S2/c1-4-34-25(33)22-15(2)21(23(32)28-17-10-6-5-7-11-17)24(36-22)30-20(31)14-35-26-27-16(3)18-12-8-9-13-19(18)29-26/h5-7,10-11H,4,8-9,12-14H2,1-3H3,(H,28,32)(H,30,31). The lowest BCUT2D eigenvalue weighted by molar-refractivity contribution is -0.113. The third-order valence-electron chi connectivity index (χ3n) is 5.82. The Morgan fingerprint density at radius 1 is 1.06 bits per heavy atom. The zero-order valence-electron chi connectivity index (χ0n) is 20.5. The van der Waals surface area contributed by atoms with Crippen LogP contribution in [0, 0.1) is 13.8 Å². The van der Waals surface area contributed by atoms with E-state index < -0.39 is 11.9 Å². The summed E-state index contributed by atoms with van der Waals surface area (Å²) < 4.78 is 5.15. The molecule has 2 aromatic heterocycles. The van der Waals surface area contributed by atoms with Crippen molar-refractivity contribution < 1.29 is 19.1 Å². The van der Waals surface area contributed by atoms with Crippen molar-refractivity contribution in [2.45, 2.75) is 51.6 Å². The lowest BCUT2D eigenvalue weighted by Gasteiger charge is -2.17. The number of amides is 2. The van der Waals surface area contributed by atoms with Gasteiger partial charge in [-0.05, 0) is 69.7 Å². The van der Waals surface area contributed by atoms with E-state index in [1.807, 2.05) is 25.1 Å². The molecule has 8 nitrogen and oxygen atoms in total. The van der Waals surface area contributed by atoms with Crippen molar-refractivity contribution in [2.24, 2.45) is 0 Å². The molecule has 0 saturated carbocycles. The van der Waals surface area contributed by atoms with E-state index in [1.165, 1.54) is 17.3 Å². The van der Waals surface area contributed by atoms with E-state index in [2.05, 4.69) is 20.6 Å².